The molecule has 3 aromatic rings. The van der Waals surface area contributed by atoms with E-state index < -0.39 is 10.2 Å². The fourth-order valence-corrected chi connectivity index (χ4v) is 3.68. The Morgan fingerprint density at radius 2 is 2.00 bits per heavy atom. The van der Waals surface area contributed by atoms with Gasteiger partial charge >= 0.3 is 0 Å². The zero-order chi connectivity index (χ0) is 20.1. The predicted octanol–water partition coefficient (Wildman–Crippen LogP) is 3.71. The van der Waals surface area contributed by atoms with E-state index >= 15 is 0 Å². The van der Waals surface area contributed by atoms with Crippen LogP contribution in [0.3, 0.4) is 0 Å². The summed E-state index contributed by atoms with van der Waals surface area (Å²) in [6.07, 6.45) is 0. The van der Waals surface area contributed by atoms with Crippen LogP contribution in [-0.2, 0) is 16.1 Å². The number of imidazole rings is 1. The lowest BCUT2D eigenvalue weighted by molar-refractivity contribution is -0.383. The topological polar surface area (TPSA) is 99.3 Å². The molecule has 9 heteroatoms. The van der Waals surface area contributed by atoms with Crippen molar-refractivity contribution < 1.29 is 14.5 Å². The zero-order valence-corrected chi connectivity index (χ0v) is 16.3. The van der Waals surface area contributed by atoms with Crippen molar-refractivity contribution in [3.63, 3.8) is 0 Å². The molecule has 28 heavy (non-hydrogen) atoms. The van der Waals surface area contributed by atoms with Crippen molar-refractivity contribution in [2.45, 2.75) is 23.9 Å². The van der Waals surface area contributed by atoms with Gasteiger partial charge in [-0.25, -0.2) is 4.98 Å². The molecule has 0 spiro atoms. The third-order valence-electron chi connectivity index (χ3n) is 4.15. The first-order chi connectivity index (χ1) is 13.5. The van der Waals surface area contributed by atoms with Crippen molar-refractivity contribution in [1.29, 1.82) is 0 Å². The number of nitrogens with zero attached hydrogens (tertiary/aromatic N) is 3. The van der Waals surface area contributed by atoms with Gasteiger partial charge in [-0.15, -0.1) is 0 Å². The van der Waals surface area contributed by atoms with Gasteiger partial charge in [0.1, 0.15) is 5.69 Å². The Hall–Kier alpha value is -2.91. The number of ether oxygens (including phenoxy) is 1. The minimum atomic E-state index is -0.516. The normalized spacial score (nSPS) is 12.1. The summed E-state index contributed by atoms with van der Waals surface area (Å²) < 4.78 is 7.20. The number of thioether (sulfide) groups is 1. The lowest BCUT2D eigenvalue weighted by atomic mass is 10.2. The third-order valence-corrected chi connectivity index (χ3v) is 5.24. The van der Waals surface area contributed by atoms with E-state index in [0.717, 1.165) is 11.0 Å². The number of benzene rings is 2. The van der Waals surface area contributed by atoms with Gasteiger partial charge in [-0.1, -0.05) is 36.0 Å². The first-order valence-electron chi connectivity index (χ1n) is 8.66. The number of fused-ring (bicyclic) bond motifs is 1. The summed E-state index contributed by atoms with van der Waals surface area (Å²) >= 11 is 1.30. The Morgan fingerprint density at radius 3 is 2.75 bits per heavy atom. The largest absolute Gasteiger partial charge is 0.383 e. The molecule has 1 atom stereocenters. The monoisotopic (exact) mass is 400 g/mol. The molecule has 3 rings (SSSR count). The maximum Gasteiger partial charge on any atom is 0.292 e. The summed E-state index contributed by atoms with van der Waals surface area (Å²) in [5, 5.41) is 14.0. The number of rotatable bonds is 8. The maximum absolute atomic E-state index is 12.6. The van der Waals surface area contributed by atoms with Crippen molar-refractivity contribution in [3.8, 4) is 0 Å². The predicted molar refractivity (Wildman–Crippen MR) is 109 cm³/mol. The van der Waals surface area contributed by atoms with Gasteiger partial charge in [0.15, 0.2) is 5.16 Å². The average molecular weight is 400 g/mol. The molecule has 2 aromatic carbocycles. The van der Waals surface area contributed by atoms with Gasteiger partial charge in [-0.05, 0) is 25.1 Å². The van der Waals surface area contributed by atoms with Crippen LogP contribution >= 0.6 is 11.8 Å². The highest BCUT2D eigenvalue weighted by molar-refractivity contribution is 8.00. The Labute approximate surface area is 166 Å². The van der Waals surface area contributed by atoms with Gasteiger partial charge in [0.05, 0.1) is 27.8 Å². The molecule has 0 aliphatic carbocycles. The van der Waals surface area contributed by atoms with Crippen molar-refractivity contribution >= 4 is 40.1 Å². The van der Waals surface area contributed by atoms with E-state index in [9.17, 15) is 14.9 Å². The molecular formula is C19H20N4O4S. The molecule has 8 nitrogen and oxygen atoms in total. The Balaban J connectivity index is 1.80. The number of nitrogens with one attached hydrogen (secondary N) is 1. The molecule has 0 fully saturated rings. The molecule has 1 N–H and O–H groups in total. The van der Waals surface area contributed by atoms with Crippen LogP contribution < -0.4 is 5.32 Å². The quantitative estimate of drug-likeness (QED) is 0.352. The molecule has 0 radical (unpaired) electrons. The van der Waals surface area contributed by atoms with Gasteiger partial charge in [0, 0.05) is 19.7 Å². The number of nitro benzene ring substituents is 1. The number of anilines is 1. The van der Waals surface area contributed by atoms with Gasteiger partial charge in [0.25, 0.3) is 5.69 Å². The molecule has 0 saturated carbocycles. The minimum Gasteiger partial charge on any atom is -0.383 e. The summed E-state index contributed by atoms with van der Waals surface area (Å²) in [6, 6.07) is 13.8. The fourth-order valence-electron chi connectivity index (χ4n) is 2.73. The molecule has 1 amide bonds. The number of hydrogen-bond acceptors (Lipinski definition) is 6. The van der Waals surface area contributed by atoms with E-state index in [1.807, 2.05) is 28.8 Å². The van der Waals surface area contributed by atoms with Crippen molar-refractivity contribution in [1.82, 2.24) is 9.55 Å². The van der Waals surface area contributed by atoms with Crippen molar-refractivity contribution in [2.75, 3.05) is 19.0 Å². The molecular weight excluding hydrogens is 380 g/mol. The summed E-state index contributed by atoms with van der Waals surface area (Å²) in [6.45, 7) is 2.87. The van der Waals surface area contributed by atoms with E-state index in [4.69, 9.17) is 4.74 Å². The lowest BCUT2D eigenvalue weighted by Crippen LogP contribution is -2.23. The first-order valence-corrected chi connectivity index (χ1v) is 9.54. The first kappa shape index (κ1) is 19.8. The van der Waals surface area contributed by atoms with Crippen LogP contribution in [0.4, 0.5) is 11.4 Å². The SMILES string of the molecule is COCCn1c(S[C@H](C)C(=O)Nc2ccccc2[N+](=O)[O-])nc2ccccc21. The summed E-state index contributed by atoms with van der Waals surface area (Å²) in [4.78, 5) is 27.9. The van der Waals surface area contributed by atoms with Crippen molar-refractivity contribution in [3.05, 3.63) is 58.6 Å². The second kappa shape index (κ2) is 8.85. The second-order valence-corrected chi connectivity index (χ2v) is 7.36. The minimum absolute atomic E-state index is 0.139. The van der Waals surface area contributed by atoms with E-state index in [1.165, 1.54) is 23.9 Å². The third kappa shape index (κ3) is 4.32. The summed E-state index contributed by atoms with van der Waals surface area (Å²) in [5.74, 6) is -0.329. The van der Waals surface area contributed by atoms with Crippen molar-refractivity contribution in [2.24, 2.45) is 0 Å². The summed E-state index contributed by atoms with van der Waals surface area (Å²) in [7, 11) is 1.63. The highest BCUT2D eigenvalue weighted by Gasteiger charge is 2.22. The molecule has 0 bridgehead atoms. The van der Waals surface area contributed by atoms with Crippen LogP contribution in [0, 0.1) is 10.1 Å². The molecule has 146 valence electrons. The number of aromatic nitrogens is 2. The van der Waals surface area contributed by atoms with Gasteiger partial charge in [-0.3, -0.25) is 14.9 Å². The number of carbonyl (C=O) groups is 1. The van der Waals surface area contributed by atoms with Crippen LogP contribution in [0.5, 0.6) is 0 Å². The number of hydrogen-bond donors (Lipinski definition) is 1. The maximum atomic E-state index is 12.6. The van der Waals surface area contributed by atoms with Crippen LogP contribution in [0.15, 0.2) is 53.7 Å². The van der Waals surface area contributed by atoms with Crippen LogP contribution in [0.1, 0.15) is 6.92 Å². The Bertz CT molecular complexity index is 1000. The number of para-hydroxylation sites is 4. The molecule has 1 heterocycles. The van der Waals surface area contributed by atoms with Gasteiger partial charge in [0.2, 0.25) is 5.91 Å². The van der Waals surface area contributed by atoms with E-state index in [0.29, 0.717) is 18.3 Å². The van der Waals surface area contributed by atoms with Gasteiger partial charge < -0.3 is 14.6 Å². The standard InChI is InChI=1S/C19H20N4O4S/c1-13(18(24)20-15-8-4-6-10-17(15)23(25)26)28-19-21-14-7-3-5-9-16(14)22(19)11-12-27-2/h3-10,13H,11-12H2,1-2H3,(H,20,24)/t13-/m1/s1. The fraction of sp³-hybridized carbons (Fsp3) is 0.263. The Morgan fingerprint density at radius 1 is 1.29 bits per heavy atom. The van der Waals surface area contributed by atoms with E-state index in [2.05, 4.69) is 10.3 Å². The smallest absolute Gasteiger partial charge is 0.292 e. The summed E-state index contributed by atoms with van der Waals surface area (Å²) in [5.41, 5.74) is 1.85. The molecule has 0 aliphatic heterocycles. The van der Waals surface area contributed by atoms with Crippen LogP contribution in [0.2, 0.25) is 0 Å². The number of nitro groups is 1. The highest BCUT2D eigenvalue weighted by atomic mass is 32.2. The molecule has 0 aliphatic rings. The average Bonchev–Trinajstić information content (AvgIpc) is 3.03. The van der Waals surface area contributed by atoms with Gasteiger partial charge in [-0.2, -0.15) is 0 Å². The Kier molecular flexibility index (Phi) is 6.27. The molecule has 1 aromatic heterocycles. The van der Waals surface area contributed by atoms with E-state index in [-0.39, 0.29) is 17.3 Å². The highest BCUT2D eigenvalue weighted by Crippen LogP contribution is 2.29. The number of methoxy groups -OCH3 is 1. The zero-order valence-electron chi connectivity index (χ0n) is 15.5. The van der Waals surface area contributed by atoms with Crippen LogP contribution in [0.25, 0.3) is 11.0 Å². The molecule has 0 unspecified atom stereocenters. The van der Waals surface area contributed by atoms with Crippen LogP contribution in [-0.4, -0.2) is 39.3 Å². The lowest BCUT2D eigenvalue weighted by Gasteiger charge is -2.13. The second-order valence-electron chi connectivity index (χ2n) is 6.05. The molecule has 0 saturated heterocycles. The number of amides is 1. The number of carbonyl (C=O) groups excluding carboxylic acids is 1. The van der Waals surface area contributed by atoms with E-state index in [1.54, 1.807) is 26.2 Å².